The van der Waals surface area contributed by atoms with Crippen LogP contribution in [-0.4, -0.2) is 24.1 Å². The molecule has 1 heterocycles. The van der Waals surface area contributed by atoms with Crippen molar-refractivity contribution in [3.8, 4) is 5.75 Å². The summed E-state index contributed by atoms with van der Waals surface area (Å²) >= 11 is 0. The Morgan fingerprint density at radius 3 is 2.43 bits per heavy atom. The average molecular weight is 405 g/mol. The molecule has 7 nitrogen and oxygen atoms in total. The summed E-state index contributed by atoms with van der Waals surface area (Å²) < 4.78 is 10.7. The summed E-state index contributed by atoms with van der Waals surface area (Å²) in [6.45, 7) is 5.33. The number of carbonyl (C=O) groups excluding carboxylic acids is 2. The number of carbonyl (C=O) groups is 2. The number of para-hydroxylation sites is 1. The van der Waals surface area contributed by atoms with Crippen LogP contribution < -0.4 is 15.5 Å². The topological polar surface area (TPSA) is 92.9 Å². The molecule has 2 amide bonds. The van der Waals surface area contributed by atoms with Gasteiger partial charge in [-0.3, -0.25) is 9.59 Å². The predicted octanol–water partition coefficient (Wildman–Crippen LogP) is 4.07. The highest BCUT2D eigenvalue weighted by Crippen LogP contribution is 2.15. The minimum absolute atomic E-state index is 0.0964. The monoisotopic (exact) mass is 405 g/mol. The Balaban J connectivity index is 1.52. The number of ether oxygens (including phenoxy) is 1. The van der Waals surface area contributed by atoms with Gasteiger partial charge < -0.3 is 14.5 Å². The molecule has 0 saturated carbocycles. The Labute approximate surface area is 174 Å². The zero-order valence-electron chi connectivity index (χ0n) is 17.1. The molecule has 0 bridgehead atoms. The Bertz CT molecular complexity index is 1070. The summed E-state index contributed by atoms with van der Waals surface area (Å²) in [7, 11) is 0. The van der Waals surface area contributed by atoms with Gasteiger partial charge in [0.05, 0.1) is 17.5 Å². The molecule has 0 spiro atoms. The molecular weight excluding hydrogens is 382 g/mol. The van der Waals surface area contributed by atoms with Crippen molar-refractivity contribution >= 4 is 23.2 Å². The van der Waals surface area contributed by atoms with E-state index >= 15 is 0 Å². The summed E-state index contributed by atoms with van der Waals surface area (Å²) in [5.41, 5.74) is 6.15. The first-order chi connectivity index (χ1) is 14.4. The zero-order chi connectivity index (χ0) is 21.5. The number of benzene rings is 2. The first-order valence-electron chi connectivity index (χ1n) is 9.41. The maximum Gasteiger partial charge on any atom is 0.274 e. The normalized spacial score (nSPS) is 11.1. The highest BCUT2D eigenvalue weighted by atomic mass is 16.5. The highest BCUT2D eigenvalue weighted by molar-refractivity contribution is 6.01. The lowest BCUT2D eigenvalue weighted by Crippen LogP contribution is -2.20. The fraction of sp³-hybridized carbons (Fsp3) is 0.174. The fourth-order valence-electron chi connectivity index (χ4n) is 2.72. The molecule has 30 heavy (non-hydrogen) atoms. The van der Waals surface area contributed by atoms with Crippen molar-refractivity contribution in [2.75, 3.05) is 11.9 Å². The number of anilines is 1. The molecule has 3 rings (SSSR count). The van der Waals surface area contributed by atoms with E-state index in [9.17, 15) is 9.59 Å². The first-order valence-corrected chi connectivity index (χ1v) is 9.41. The fourth-order valence-corrected chi connectivity index (χ4v) is 2.72. The van der Waals surface area contributed by atoms with Crippen LogP contribution in [0.5, 0.6) is 5.75 Å². The maximum absolute atomic E-state index is 12.1. The molecule has 7 heteroatoms. The summed E-state index contributed by atoms with van der Waals surface area (Å²) in [6, 6.07) is 16.3. The molecule has 1 aromatic heterocycles. The van der Waals surface area contributed by atoms with Gasteiger partial charge in [0, 0.05) is 5.69 Å². The van der Waals surface area contributed by atoms with E-state index in [0.717, 1.165) is 16.8 Å². The van der Waals surface area contributed by atoms with Crippen LogP contribution in [0.4, 0.5) is 5.69 Å². The van der Waals surface area contributed by atoms with Gasteiger partial charge >= 0.3 is 0 Å². The Morgan fingerprint density at radius 1 is 1.03 bits per heavy atom. The molecule has 0 aliphatic rings. The molecule has 0 aliphatic heterocycles. The molecule has 0 radical (unpaired) electrons. The van der Waals surface area contributed by atoms with Gasteiger partial charge in [-0.05, 0) is 68.3 Å². The van der Waals surface area contributed by atoms with E-state index in [0.29, 0.717) is 22.8 Å². The number of hydrazone groups is 1. The minimum Gasteiger partial charge on any atom is -0.484 e. The molecular formula is C23H23N3O4. The second-order valence-electron chi connectivity index (χ2n) is 6.70. The van der Waals surface area contributed by atoms with Gasteiger partial charge in [0.1, 0.15) is 11.5 Å². The molecule has 0 atom stereocenters. The highest BCUT2D eigenvalue weighted by Gasteiger charge is 2.11. The van der Waals surface area contributed by atoms with E-state index in [1.807, 2.05) is 43.3 Å². The minimum atomic E-state index is -0.333. The van der Waals surface area contributed by atoms with E-state index in [4.69, 9.17) is 9.15 Å². The van der Waals surface area contributed by atoms with Gasteiger partial charge in [-0.1, -0.05) is 18.2 Å². The smallest absolute Gasteiger partial charge is 0.274 e. The molecule has 2 aromatic carbocycles. The van der Waals surface area contributed by atoms with Crippen LogP contribution in [0.2, 0.25) is 0 Å². The van der Waals surface area contributed by atoms with Crippen LogP contribution in [0.1, 0.15) is 34.2 Å². The quantitative estimate of drug-likeness (QED) is 0.458. The molecule has 2 N–H and O–H groups in total. The van der Waals surface area contributed by atoms with Gasteiger partial charge in [0.15, 0.2) is 6.61 Å². The number of aryl methyl sites for hydroxylation is 2. The number of nitrogens with one attached hydrogen (secondary N) is 2. The van der Waals surface area contributed by atoms with Crippen LogP contribution in [0.3, 0.4) is 0 Å². The summed E-state index contributed by atoms with van der Waals surface area (Å²) in [5.74, 6) is 0.529. The van der Waals surface area contributed by atoms with Gasteiger partial charge in [0.2, 0.25) is 0 Å². The van der Waals surface area contributed by atoms with Crippen LogP contribution >= 0.6 is 0 Å². The Kier molecular flexibility index (Phi) is 6.64. The van der Waals surface area contributed by atoms with Gasteiger partial charge in [-0.2, -0.15) is 5.10 Å². The third-order valence-corrected chi connectivity index (χ3v) is 4.49. The lowest BCUT2D eigenvalue weighted by molar-refractivity contribution is -0.118. The summed E-state index contributed by atoms with van der Waals surface area (Å²) in [4.78, 5) is 24.2. The van der Waals surface area contributed by atoms with Gasteiger partial charge in [0.25, 0.3) is 11.8 Å². The van der Waals surface area contributed by atoms with Crippen molar-refractivity contribution in [2.45, 2.75) is 20.8 Å². The molecule has 0 saturated heterocycles. The Hall–Kier alpha value is -3.87. The second-order valence-corrected chi connectivity index (χ2v) is 6.70. The van der Waals surface area contributed by atoms with E-state index in [1.54, 1.807) is 32.0 Å². The molecule has 154 valence electrons. The SMILES string of the molecule is C/C(=N/NC(=O)c1ccoc1C)c1ccc(OCC(=O)Nc2ccccc2C)cc1. The molecule has 0 unspecified atom stereocenters. The first kappa shape index (κ1) is 20.9. The third-order valence-electron chi connectivity index (χ3n) is 4.49. The standard InChI is InChI=1S/C23H23N3O4/c1-15-6-4-5-7-21(15)24-22(27)14-30-19-10-8-18(9-11-19)16(2)25-26-23(28)20-12-13-29-17(20)3/h4-13H,14H2,1-3H3,(H,24,27)(H,26,28)/b25-16-. The van der Waals surface area contributed by atoms with E-state index in [-0.39, 0.29) is 18.4 Å². The van der Waals surface area contributed by atoms with Crippen molar-refractivity contribution < 1.29 is 18.7 Å². The number of rotatable bonds is 7. The van der Waals surface area contributed by atoms with Crippen LogP contribution in [-0.2, 0) is 4.79 Å². The van der Waals surface area contributed by atoms with Crippen molar-refractivity contribution in [1.29, 1.82) is 0 Å². The number of hydrogen-bond acceptors (Lipinski definition) is 5. The average Bonchev–Trinajstić information content (AvgIpc) is 3.18. The number of amides is 2. The van der Waals surface area contributed by atoms with Crippen LogP contribution in [0.15, 0.2) is 70.4 Å². The van der Waals surface area contributed by atoms with Crippen LogP contribution in [0, 0.1) is 13.8 Å². The predicted molar refractivity (Wildman–Crippen MR) is 115 cm³/mol. The largest absolute Gasteiger partial charge is 0.484 e. The third kappa shape index (κ3) is 5.35. The Morgan fingerprint density at radius 2 is 1.77 bits per heavy atom. The van der Waals surface area contributed by atoms with Gasteiger partial charge in [-0.15, -0.1) is 0 Å². The molecule has 0 aliphatic carbocycles. The second kappa shape index (κ2) is 9.56. The van der Waals surface area contributed by atoms with E-state index in [2.05, 4.69) is 15.8 Å². The van der Waals surface area contributed by atoms with E-state index < -0.39 is 0 Å². The van der Waals surface area contributed by atoms with Crippen molar-refractivity contribution in [1.82, 2.24) is 5.43 Å². The lowest BCUT2D eigenvalue weighted by Gasteiger charge is -2.10. The molecule has 0 fully saturated rings. The van der Waals surface area contributed by atoms with Crippen molar-refractivity contribution in [3.05, 3.63) is 83.3 Å². The summed E-state index contributed by atoms with van der Waals surface area (Å²) in [6.07, 6.45) is 1.46. The lowest BCUT2D eigenvalue weighted by atomic mass is 10.1. The number of nitrogens with zero attached hydrogens (tertiary/aromatic N) is 1. The van der Waals surface area contributed by atoms with Crippen molar-refractivity contribution in [3.63, 3.8) is 0 Å². The molecule has 3 aromatic rings. The number of furan rings is 1. The van der Waals surface area contributed by atoms with Crippen molar-refractivity contribution in [2.24, 2.45) is 5.10 Å². The zero-order valence-corrected chi connectivity index (χ0v) is 17.1. The summed E-state index contributed by atoms with van der Waals surface area (Å²) in [5, 5.41) is 6.94. The number of hydrogen-bond donors (Lipinski definition) is 2. The van der Waals surface area contributed by atoms with Crippen LogP contribution in [0.25, 0.3) is 0 Å². The maximum atomic E-state index is 12.1. The van der Waals surface area contributed by atoms with Gasteiger partial charge in [-0.25, -0.2) is 5.43 Å². The van der Waals surface area contributed by atoms with E-state index in [1.165, 1.54) is 6.26 Å².